The first kappa shape index (κ1) is 16.3. The summed E-state index contributed by atoms with van der Waals surface area (Å²) < 4.78 is 0. The molecule has 3 nitrogen and oxygen atoms in total. The van der Waals surface area contributed by atoms with E-state index in [1.807, 2.05) is 0 Å². The summed E-state index contributed by atoms with van der Waals surface area (Å²) in [4.78, 5) is 5.15. The van der Waals surface area contributed by atoms with Crippen molar-refractivity contribution in [3.8, 4) is 0 Å². The van der Waals surface area contributed by atoms with Crippen LogP contribution in [0.2, 0.25) is 0 Å². The molecule has 0 saturated carbocycles. The first-order valence-electron chi connectivity index (χ1n) is 8.48. The Morgan fingerprint density at radius 3 is 2.33 bits per heavy atom. The Labute approximate surface area is 130 Å². The third-order valence-corrected chi connectivity index (χ3v) is 4.87. The minimum atomic E-state index is 0.271. The molecule has 2 unspecified atom stereocenters. The van der Waals surface area contributed by atoms with E-state index in [4.69, 9.17) is 5.73 Å². The molecule has 0 aliphatic carbocycles. The number of para-hydroxylation sites is 1. The van der Waals surface area contributed by atoms with Gasteiger partial charge in [-0.15, -0.1) is 0 Å². The average Bonchev–Trinajstić information content (AvgIpc) is 2.54. The summed E-state index contributed by atoms with van der Waals surface area (Å²) >= 11 is 0. The van der Waals surface area contributed by atoms with Crippen LogP contribution in [0.4, 0.5) is 5.69 Å². The van der Waals surface area contributed by atoms with Crippen LogP contribution in [-0.4, -0.2) is 43.2 Å². The number of nitrogens with two attached hydrogens (primary N) is 1. The summed E-state index contributed by atoms with van der Waals surface area (Å²) in [6.45, 7) is 11.4. The Kier molecular flexibility index (Phi) is 6.07. The van der Waals surface area contributed by atoms with E-state index in [1.165, 1.54) is 30.8 Å². The lowest BCUT2D eigenvalue weighted by Gasteiger charge is -2.39. The number of hydrogen-bond donors (Lipinski definition) is 1. The standard InChI is InChI=1S/C18H31N3/c1-4-15(3)20-10-12-21(13-11-20)18-9-7-6-8-16(18)14-17(19)5-2/h6-9,15,17H,4-5,10-14,19H2,1-3H3. The number of hydrogen-bond acceptors (Lipinski definition) is 3. The lowest BCUT2D eigenvalue weighted by Crippen LogP contribution is -2.49. The number of nitrogens with zero attached hydrogens (tertiary/aromatic N) is 2. The maximum Gasteiger partial charge on any atom is 0.0400 e. The highest BCUT2D eigenvalue weighted by Gasteiger charge is 2.21. The fraction of sp³-hybridized carbons (Fsp3) is 0.667. The van der Waals surface area contributed by atoms with Gasteiger partial charge in [0, 0.05) is 44.0 Å². The SMILES string of the molecule is CCC(N)Cc1ccccc1N1CCN(C(C)CC)CC1. The molecule has 1 aliphatic heterocycles. The van der Waals surface area contributed by atoms with Gasteiger partial charge in [-0.25, -0.2) is 0 Å². The average molecular weight is 289 g/mol. The van der Waals surface area contributed by atoms with Crippen LogP contribution in [0, 0.1) is 0 Å². The van der Waals surface area contributed by atoms with Crippen LogP contribution in [0.3, 0.4) is 0 Å². The molecule has 1 saturated heterocycles. The Morgan fingerprint density at radius 1 is 1.05 bits per heavy atom. The molecular formula is C18H31N3. The van der Waals surface area contributed by atoms with Gasteiger partial charge in [0.15, 0.2) is 0 Å². The normalized spacial score (nSPS) is 19.5. The van der Waals surface area contributed by atoms with Crippen LogP contribution in [0.25, 0.3) is 0 Å². The van der Waals surface area contributed by atoms with Gasteiger partial charge in [0.2, 0.25) is 0 Å². The van der Waals surface area contributed by atoms with Gasteiger partial charge in [0.05, 0.1) is 0 Å². The summed E-state index contributed by atoms with van der Waals surface area (Å²) in [5.74, 6) is 0. The Bertz CT molecular complexity index is 424. The molecule has 2 N–H and O–H groups in total. The molecule has 1 heterocycles. The van der Waals surface area contributed by atoms with Crippen molar-refractivity contribution in [2.24, 2.45) is 5.73 Å². The van der Waals surface area contributed by atoms with Crippen LogP contribution < -0.4 is 10.6 Å². The molecule has 1 aromatic rings. The van der Waals surface area contributed by atoms with Gasteiger partial charge < -0.3 is 10.6 Å². The zero-order valence-electron chi connectivity index (χ0n) is 13.9. The lowest BCUT2D eigenvalue weighted by atomic mass is 10.0. The monoisotopic (exact) mass is 289 g/mol. The van der Waals surface area contributed by atoms with Crippen molar-refractivity contribution in [2.45, 2.75) is 52.1 Å². The highest BCUT2D eigenvalue weighted by Crippen LogP contribution is 2.24. The summed E-state index contributed by atoms with van der Waals surface area (Å²) in [6.07, 6.45) is 3.26. The molecule has 2 atom stereocenters. The zero-order chi connectivity index (χ0) is 15.2. The predicted molar refractivity (Wildman–Crippen MR) is 92.0 cm³/mol. The highest BCUT2D eigenvalue weighted by atomic mass is 15.3. The molecular weight excluding hydrogens is 258 g/mol. The minimum absolute atomic E-state index is 0.271. The van der Waals surface area contributed by atoms with Crippen LogP contribution in [-0.2, 0) is 6.42 Å². The maximum atomic E-state index is 6.16. The summed E-state index contributed by atoms with van der Waals surface area (Å²) in [5.41, 5.74) is 8.96. The number of rotatable bonds is 6. The second-order valence-corrected chi connectivity index (χ2v) is 6.28. The molecule has 0 spiro atoms. The van der Waals surface area contributed by atoms with E-state index in [0.717, 1.165) is 25.9 Å². The number of anilines is 1. The third-order valence-electron chi connectivity index (χ3n) is 4.87. The smallest absolute Gasteiger partial charge is 0.0400 e. The second-order valence-electron chi connectivity index (χ2n) is 6.28. The van der Waals surface area contributed by atoms with E-state index in [-0.39, 0.29) is 6.04 Å². The largest absolute Gasteiger partial charge is 0.369 e. The second kappa shape index (κ2) is 7.81. The molecule has 0 amide bonds. The molecule has 2 rings (SSSR count). The van der Waals surface area contributed by atoms with Crippen molar-refractivity contribution in [3.63, 3.8) is 0 Å². The topological polar surface area (TPSA) is 32.5 Å². The summed E-state index contributed by atoms with van der Waals surface area (Å²) in [6, 6.07) is 9.76. The Morgan fingerprint density at radius 2 is 1.71 bits per heavy atom. The first-order chi connectivity index (χ1) is 10.2. The Hall–Kier alpha value is -1.06. The molecule has 1 aliphatic rings. The van der Waals surface area contributed by atoms with Crippen molar-refractivity contribution < 1.29 is 0 Å². The van der Waals surface area contributed by atoms with Gasteiger partial charge in [0.25, 0.3) is 0 Å². The van der Waals surface area contributed by atoms with E-state index < -0.39 is 0 Å². The highest BCUT2D eigenvalue weighted by molar-refractivity contribution is 5.54. The van der Waals surface area contributed by atoms with Gasteiger partial charge in [-0.05, 0) is 37.8 Å². The van der Waals surface area contributed by atoms with Crippen LogP contribution in [0.5, 0.6) is 0 Å². The minimum Gasteiger partial charge on any atom is -0.369 e. The summed E-state index contributed by atoms with van der Waals surface area (Å²) in [5, 5.41) is 0. The molecule has 1 fully saturated rings. The van der Waals surface area contributed by atoms with Crippen molar-refractivity contribution in [1.82, 2.24) is 4.90 Å². The van der Waals surface area contributed by atoms with Gasteiger partial charge in [-0.3, -0.25) is 4.90 Å². The van der Waals surface area contributed by atoms with Crippen LogP contribution in [0.1, 0.15) is 39.2 Å². The fourth-order valence-corrected chi connectivity index (χ4v) is 3.08. The van der Waals surface area contributed by atoms with Crippen molar-refractivity contribution in [3.05, 3.63) is 29.8 Å². The van der Waals surface area contributed by atoms with Gasteiger partial charge >= 0.3 is 0 Å². The molecule has 0 aromatic heterocycles. The fourth-order valence-electron chi connectivity index (χ4n) is 3.08. The molecule has 0 radical (unpaired) electrons. The van der Waals surface area contributed by atoms with Crippen LogP contribution >= 0.6 is 0 Å². The van der Waals surface area contributed by atoms with Gasteiger partial charge in [0.1, 0.15) is 0 Å². The van der Waals surface area contributed by atoms with Crippen LogP contribution in [0.15, 0.2) is 24.3 Å². The van der Waals surface area contributed by atoms with Gasteiger partial charge in [-0.1, -0.05) is 32.0 Å². The number of piperazine rings is 1. The predicted octanol–water partition coefficient (Wildman–Crippen LogP) is 2.89. The van der Waals surface area contributed by atoms with E-state index in [0.29, 0.717) is 6.04 Å². The maximum absolute atomic E-state index is 6.16. The Balaban J connectivity index is 2.03. The van der Waals surface area contributed by atoms with E-state index >= 15 is 0 Å². The molecule has 1 aromatic carbocycles. The molecule has 118 valence electrons. The van der Waals surface area contributed by atoms with Crippen molar-refractivity contribution in [1.29, 1.82) is 0 Å². The third kappa shape index (κ3) is 4.21. The number of benzene rings is 1. The molecule has 0 bridgehead atoms. The summed E-state index contributed by atoms with van der Waals surface area (Å²) in [7, 11) is 0. The quantitative estimate of drug-likeness (QED) is 0.874. The van der Waals surface area contributed by atoms with Gasteiger partial charge in [-0.2, -0.15) is 0 Å². The van der Waals surface area contributed by atoms with E-state index in [1.54, 1.807) is 0 Å². The lowest BCUT2D eigenvalue weighted by molar-refractivity contribution is 0.192. The zero-order valence-corrected chi connectivity index (χ0v) is 13.9. The van der Waals surface area contributed by atoms with Crippen molar-refractivity contribution >= 4 is 5.69 Å². The first-order valence-corrected chi connectivity index (χ1v) is 8.48. The van der Waals surface area contributed by atoms with E-state index in [9.17, 15) is 0 Å². The van der Waals surface area contributed by atoms with E-state index in [2.05, 4.69) is 54.8 Å². The van der Waals surface area contributed by atoms with Crippen molar-refractivity contribution in [2.75, 3.05) is 31.1 Å². The molecule has 3 heteroatoms. The molecule has 21 heavy (non-hydrogen) atoms.